The zero-order chi connectivity index (χ0) is 13.5. The highest BCUT2D eigenvalue weighted by Crippen LogP contribution is 2.37. The van der Waals surface area contributed by atoms with Crippen LogP contribution in [0.4, 0.5) is 4.79 Å². The van der Waals surface area contributed by atoms with Crippen LogP contribution in [-0.4, -0.2) is 67.9 Å². The van der Waals surface area contributed by atoms with E-state index >= 15 is 0 Å². The topological polar surface area (TPSA) is 42.0 Å². The molecule has 2 saturated heterocycles. The van der Waals surface area contributed by atoms with Crippen molar-refractivity contribution < 1.29 is 14.3 Å². The van der Waals surface area contributed by atoms with Gasteiger partial charge in [-0.2, -0.15) is 0 Å². The molecule has 3 fully saturated rings. The highest BCUT2D eigenvalue weighted by atomic mass is 16.5. The molecule has 108 valence electrons. The smallest absolute Gasteiger partial charge is 0.319 e. The molecule has 1 spiro atoms. The fraction of sp³-hybridized carbons (Fsp3) is 0.929. The first-order valence-corrected chi connectivity index (χ1v) is 7.30. The standard InChI is InChI=1S/C14H24N2O3/c1-15(2)13(17)16-9-14(10-16)7-12(5-6-19-14)18-8-11-3-4-11/h11-12H,3-10H2,1-2H3/t12-/m1/s1. The number of nitrogens with zero attached hydrogens (tertiary/aromatic N) is 2. The zero-order valence-electron chi connectivity index (χ0n) is 11.9. The van der Waals surface area contributed by atoms with Crippen LogP contribution in [0.3, 0.4) is 0 Å². The second-order valence-electron chi connectivity index (χ2n) is 6.46. The number of rotatable bonds is 3. The fourth-order valence-corrected chi connectivity index (χ4v) is 2.97. The van der Waals surface area contributed by atoms with Crippen LogP contribution in [0, 0.1) is 5.92 Å². The third kappa shape index (κ3) is 2.87. The van der Waals surface area contributed by atoms with Gasteiger partial charge in [-0.15, -0.1) is 0 Å². The summed E-state index contributed by atoms with van der Waals surface area (Å²) in [6.45, 7) is 3.11. The summed E-state index contributed by atoms with van der Waals surface area (Å²) in [4.78, 5) is 15.3. The Morgan fingerprint density at radius 2 is 2.11 bits per heavy atom. The molecule has 2 aliphatic heterocycles. The first-order valence-electron chi connectivity index (χ1n) is 7.30. The van der Waals surface area contributed by atoms with Gasteiger partial charge in [0.2, 0.25) is 0 Å². The number of ether oxygens (including phenoxy) is 2. The number of hydrogen-bond donors (Lipinski definition) is 0. The molecule has 0 unspecified atom stereocenters. The number of carbonyl (C=O) groups is 1. The van der Waals surface area contributed by atoms with E-state index in [0.29, 0.717) is 19.2 Å². The van der Waals surface area contributed by atoms with Crippen molar-refractivity contribution in [2.75, 3.05) is 40.4 Å². The number of hydrogen-bond acceptors (Lipinski definition) is 3. The molecule has 0 aromatic heterocycles. The Balaban J connectivity index is 1.47. The van der Waals surface area contributed by atoms with Gasteiger partial charge < -0.3 is 19.3 Å². The van der Waals surface area contributed by atoms with Crippen molar-refractivity contribution in [1.82, 2.24) is 9.80 Å². The molecule has 0 bridgehead atoms. The van der Waals surface area contributed by atoms with Gasteiger partial charge in [-0.3, -0.25) is 0 Å². The highest BCUT2D eigenvalue weighted by Gasteiger charge is 2.50. The highest BCUT2D eigenvalue weighted by molar-refractivity contribution is 5.75. The minimum atomic E-state index is -0.127. The third-order valence-electron chi connectivity index (χ3n) is 4.32. The van der Waals surface area contributed by atoms with E-state index in [9.17, 15) is 4.79 Å². The van der Waals surface area contributed by atoms with Gasteiger partial charge in [0.1, 0.15) is 5.60 Å². The average molecular weight is 268 g/mol. The normalized spacial score (nSPS) is 29.2. The summed E-state index contributed by atoms with van der Waals surface area (Å²) < 4.78 is 11.9. The van der Waals surface area contributed by atoms with Crippen molar-refractivity contribution >= 4 is 6.03 Å². The summed E-state index contributed by atoms with van der Waals surface area (Å²) in [5, 5.41) is 0. The molecule has 5 heteroatoms. The molecular formula is C14H24N2O3. The van der Waals surface area contributed by atoms with E-state index in [1.54, 1.807) is 19.0 Å². The molecule has 5 nitrogen and oxygen atoms in total. The van der Waals surface area contributed by atoms with Crippen LogP contribution >= 0.6 is 0 Å². The summed E-state index contributed by atoms with van der Waals surface area (Å²) in [6.07, 6.45) is 4.93. The van der Waals surface area contributed by atoms with Crippen LogP contribution in [0.5, 0.6) is 0 Å². The van der Waals surface area contributed by atoms with Crippen molar-refractivity contribution in [3.05, 3.63) is 0 Å². The molecule has 19 heavy (non-hydrogen) atoms. The Hall–Kier alpha value is -0.810. The Bertz CT molecular complexity index is 349. The summed E-state index contributed by atoms with van der Waals surface area (Å²) in [5.74, 6) is 0.812. The minimum absolute atomic E-state index is 0.0789. The van der Waals surface area contributed by atoms with E-state index in [1.165, 1.54) is 12.8 Å². The Morgan fingerprint density at radius 3 is 2.74 bits per heavy atom. The van der Waals surface area contributed by atoms with Gasteiger partial charge in [-0.05, 0) is 25.2 Å². The summed E-state index contributed by atoms with van der Waals surface area (Å²) >= 11 is 0. The van der Waals surface area contributed by atoms with Gasteiger partial charge in [0, 0.05) is 33.7 Å². The quantitative estimate of drug-likeness (QED) is 0.775. The molecular weight excluding hydrogens is 244 g/mol. The molecule has 0 aromatic rings. The molecule has 1 aliphatic carbocycles. The van der Waals surface area contributed by atoms with E-state index < -0.39 is 0 Å². The van der Waals surface area contributed by atoms with Gasteiger partial charge >= 0.3 is 6.03 Å². The SMILES string of the molecule is CN(C)C(=O)N1CC2(C[C@H](OCC3CC3)CCO2)C1. The maximum absolute atomic E-state index is 11.8. The van der Waals surface area contributed by atoms with E-state index in [2.05, 4.69) is 0 Å². The van der Waals surface area contributed by atoms with Crippen LogP contribution in [0.15, 0.2) is 0 Å². The van der Waals surface area contributed by atoms with Gasteiger partial charge in [-0.25, -0.2) is 4.79 Å². The van der Waals surface area contributed by atoms with E-state index in [1.807, 2.05) is 4.90 Å². The lowest BCUT2D eigenvalue weighted by molar-refractivity contribution is -0.187. The Kier molecular flexibility index (Phi) is 3.43. The van der Waals surface area contributed by atoms with Crippen molar-refractivity contribution in [2.24, 2.45) is 5.92 Å². The predicted molar refractivity (Wildman–Crippen MR) is 71.0 cm³/mol. The lowest BCUT2D eigenvalue weighted by Gasteiger charge is -2.53. The fourth-order valence-electron chi connectivity index (χ4n) is 2.97. The molecule has 1 atom stereocenters. The van der Waals surface area contributed by atoms with Gasteiger partial charge in [0.15, 0.2) is 0 Å². The largest absolute Gasteiger partial charge is 0.378 e. The monoisotopic (exact) mass is 268 g/mol. The molecule has 0 N–H and O–H groups in total. The first-order chi connectivity index (χ1) is 9.08. The molecule has 2 heterocycles. The minimum Gasteiger partial charge on any atom is -0.378 e. The van der Waals surface area contributed by atoms with E-state index in [0.717, 1.165) is 32.0 Å². The lowest BCUT2D eigenvalue weighted by atomic mass is 9.85. The predicted octanol–water partition coefficient (Wildman–Crippen LogP) is 1.33. The third-order valence-corrected chi connectivity index (χ3v) is 4.32. The van der Waals surface area contributed by atoms with E-state index in [4.69, 9.17) is 9.47 Å². The summed E-state index contributed by atoms with van der Waals surface area (Å²) in [6, 6.07) is 0.0789. The number of carbonyl (C=O) groups excluding carboxylic acids is 1. The van der Waals surface area contributed by atoms with Crippen molar-refractivity contribution in [3.63, 3.8) is 0 Å². The van der Waals surface area contributed by atoms with Crippen LogP contribution in [0.2, 0.25) is 0 Å². The second-order valence-corrected chi connectivity index (χ2v) is 6.46. The molecule has 3 aliphatic rings. The number of urea groups is 1. The maximum atomic E-state index is 11.8. The van der Waals surface area contributed by atoms with Crippen molar-refractivity contribution in [3.8, 4) is 0 Å². The molecule has 0 aromatic carbocycles. The van der Waals surface area contributed by atoms with Crippen molar-refractivity contribution in [2.45, 2.75) is 37.4 Å². The number of amides is 2. The lowest BCUT2D eigenvalue weighted by Crippen LogP contribution is -2.68. The summed E-state index contributed by atoms with van der Waals surface area (Å²) in [7, 11) is 3.58. The zero-order valence-corrected chi connectivity index (χ0v) is 11.9. The van der Waals surface area contributed by atoms with Gasteiger partial charge in [0.05, 0.1) is 19.2 Å². The first kappa shape index (κ1) is 13.2. The van der Waals surface area contributed by atoms with Crippen LogP contribution in [-0.2, 0) is 9.47 Å². The van der Waals surface area contributed by atoms with E-state index in [-0.39, 0.29) is 11.6 Å². The Labute approximate surface area is 114 Å². The van der Waals surface area contributed by atoms with Crippen LogP contribution < -0.4 is 0 Å². The van der Waals surface area contributed by atoms with Crippen LogP contribution in [0.1, 0.15) is 25.7 Å². The molecule has 1 saturated carbocycles. The summed E-state index contributed by atoms with van der Waals surface area (Å²) in [5.41, 5.74) is -0.127. The molecule has 3 rings (SSSR count). The number of likely N-dealkylation sites (tertiary alicyclic amines) is 1. The van der Waals surface area contributed by atoms with Crippen LogP contribution in [0.25, 0.3) is 0 Å². The van der Waals surface area contributed by atoms with Gasteiger partial charge in [-0.1, -0.05) is 0 Å². The Morgan fingerprint density at radius 1 is 1.37 bits per heavy atom. The maximum Gasteiger partial charge on any atom is 0.319 e. The average Bonchev–Trinajstić information content (AvgIpc) is 3.16. The second kappa shape index (κ2) is 4.94. The molecule has 0 radical (unpaired) electrons. The molecule has 2 amide bonds. The van der Waals surface area contributed by atoms with Crippen molar-refractivity contribution in [1.29, 1.82) is 0 Å². The van der Waals surface area contributed by atoms with Gasteiger partial charge in [0.25, 0.3) is 0 Å².